The highest BCUT2D eigenvalue weighted by Crippen LogP contribution is 2.44. The molecule has 19 heavy (non-hydrogen) atoms. The van der Waals surface area contributed by atoms with E-state index in [0.29, 0.717) is 16.6 Å². The van der Waals surface area contributed by atoms with Crippen molar-refractivity contribution in [2.24, 2.45) is 5.73 Å². The van der Waals surface area contributed by atoms with Gasteiger partial charge in [-0.3, -0.25) is 4.79 Å². The minimum absolute atomic E-state index is 0.438. The van der Waals surface area contributed by atoms with Crippen LogP contribution in [0.25, 0.3) is 0 Å². The molecule has 0 radical (unpaired) electrons. The Hall–Kier alpha value is -0.920. The molecule has 0 spiro atoms. The number of hydrogen-bond donors (Lipinski definition) is 2. The lowest BCUT2D eigenvalue weighted by atomic mass is 10.2. The molecule has 0 aromatic carbocycles. The fourth-order valence-corrected chi connectivity index (χ4v) is 4.42. The second-order valence-corrected chi connectivity index (χ2v) is 6.72. The third kappa shape index (κ3) is 2.68. The first-order chi connectivity index (χ1) is 8.95. The molecule has 0 saturated carbocycles. The van der Waals surface area contributed by atoms with Crippen LogP contribution in [0.5, 0.6) is 0 Å². The number of hydrogen-bond acceptors (Lipinski definition) is 6. The van der Waals surface area contributed by atoms with E-state index in [1.54, 1.807) is 11.8 Å². The molecule has 0 bridgehead atoms. The molecule has 1 aliphatic heterocycles. The fraction of sp³-hybridized carbons (Fsp3) is 0.583. The van der Waals surface area contributed by atoms with E-state index in [0.717, 1.165) is 29.4 Å². The van der Waals surface area contributed by atoms with Crippen molar-refractivity contribution >= 4 is 39.7 Å². The van der Waals surface area contributed by atoms with Crippen molar-refractivity contribution in [1.82, 2.24) is 4.90 Å². The van der Waals surface area contributed by atoms with Crippen LogP contribution in [0.4, 0.5) is 10.7 Å². The minimum atomic E-state index is -0.438. The van der Waals surface area contributed by atoms with Gasteiger partial charge >= 0.3 is 0 Å². The number of anilines is 2. The highest BCUT2D eigenvalue weighted by molar-refractivity contribution is 7.99. The lowest BCUT2D eigenvalue weighted by molar-refractivity contribution is 0.100. The van der Waals surface area contributed by atoms with Gasteiger partial charge in [0.05, 0.1) is 10.6 Å². The summed E-state index contributed by atoms with van der Waals surface area (Å²) in [6.45, 7) is 1.97. The summed E-state index contributed by atoms with van der Waals surface area (Å²) in [5, 5.41) is 1.09. The Morgan fingerprint density at radius 1 is 1.53 bits per heavy atom. The highest BCUT2D eigenvalue weighted by Gasteiger charge is 2.29. The zero-order chi connectivity index (χ0) is 14.2. The van der Waals surface area contributed by atoms with E-state index < -0.39 is 5.91 Å². The topological polar surface area (TPSA) is 75.6 Å². The number of nitrogens with two attached hydrogens (primary N) is 2. The maximum atomic E-state index is 11.4. The summed E-state index contributed by atoms with van der Waals surface area (Å²) in [5.74, 6) is -0.438. The molecule has 4 N–H and O–H groups in total. The summed E-state index contributed by atoms with van der Waals surface area (Å²) in [7, 11) is 4.20. The largest absolute Gasteiger partial charge is 0.396 e. The van der Waals surface area contributed by atoms with Gasteiger partial charge in [0.1, 0.15) is 9.88 Å². The summed E-state index contributed by atoms with van der Waals surface area (Å²) in [5.41, 5.74) is 11.9. The minimum Gasteiger partial charge on any atom is -0.396 e. The summed E-state index contributed by atoms with van der Waals surface area (Å²) in [6.07, 6.45) is 3.11. The van der Waals surface area contributed by atoms with E-state index in [2.05, 4.69) is 23.9 Å². The number of primary amides is 1. The molecule has 1 aromatic rings. The average Bonchev–Trinajstić information content (AvgIpc) is 2.92. The molecule has 106 valence electrons. The van der Waals surface area contributed by atoms with Crippen molar-refractivity contribution in [2.45, 2.75) is 17.4 Å². The SMILES string of the molecule is CSc1c(N2CCC(N(C)C)C2)sc(C(N)=O)c1N. The molecule has 1 saturated heterocycles. The van der Waals surface area contributed by atoms with E-state index in [9.17, 15) is 4.79 Å². The molecular formula is C12H20N4OS2. The highest BCUT2D eigenvalue weighted by atomic mass is 32.2. The van der Waals surface area contributed by atoms with Crippen molar-refractivity contribution < 1.29 is 4.79 Å². The maximum absolute atomic E-state index is 11.4. The normalized spacial score (nSPS) is 19.4. The van der Waals surface area contributed by atoms with Gasteiger partial charge in [0, 0.05) is 19.1 Å². The van der Waals surface area contributed by atoms with Crippen LogP contribution in [-0.2, 0) is 0 Å². The summed E-state index contributed by atoms with van der Waals surface area (Å²) < 4.78 is 0. The van der Waals surface area contributed by atoms with Gasteiger partial charge in [0.2, 0.25) is 0 Å². The van der Waals surface area contributed by atoms with E-state index in [1.807, 2.05) is 6.26 Å². The van der Waals surface area contributed by atoms with Crippen LogP contribution in [0.1, 0.15) is 16.1 Å². The first-order valence-electron chi connectivity index (χ1n) is 6.13. The Balaban J connectivity index is 2.30. The predicted molar refractivity (Wildman–Crippen MR) is 83.3 cm³/mol. The van der Waals surface area contributed by atoms with Crippen LogP contribution < -0.4 is 16.4 Å². The van der Waals surface area contributed by atoms with Crippen LogP contribution >= 0.6 is 23.1 Å². The number of amides is 1. The molecule has 2 rings (SSSR count). The lowest BCUT2D eigenvalue weighted by Crippen LogP contribution is -2.31. The number of nitrogen functional groups attached to an aromatic ring is 1. The Bertz CT molecular complexity index is 486. The Labute approximate surface area is 121 Å². The van der Waals surface area contributed by atoms with Crippen LogP contribution in [-0.4, -0.2) is 50.3 Å². The first-order valence-corrected chi connectivity index (χ1v) is 8.17. The Morgan fingerprint density at radius 2 is 2.21 bits per heavy atom. The van der Waals surface area contributed by atoms with E-state index in [-0.39, 0.29) is 0 Å². The van der Waals surface area contributed by atoms with Gasteiger partial charge in [-0.25, -0.2) is 0 Å². The third-order valence-corrected chi connectivity index (χ3v) is 5.72. The van der Waals surface area contributed by atoms with E-state index >= 15 is 0 Å². The molecular weight excluding hydrogens is 280 g/mol. The van der Waals surface area contributed by atoms with Crippen molar-refractivity contribution in [3.05, 3.63) is 4.88 Å². The standard InChI is InChI=1S/C12H20N4OS2/c1-15(2)7-4-5-16(6-7)12-10(18-3)8(13)9(19-12)11(14)17/h7H,4-6,13H2,1-3H3,(H2,14,17). The van der Waals surface area contributed by atoms with Gasteiger partial charge in [-0.1, -0.05) is 0 Å². The van der Waals surface area contributed by atoms with Crippen LogP contribution in [0.3, 0.4) is 0 Å². The summed E-state index contributed by atoms with van der Waals surface area (Å²) in [6, 6.07) is 0.551. The van der Waals surface area contributed by atoms with Crippen LogP contribution in [0.2, 0.25) is 0 Å². The van der Waals surface area contributed by atoms with Crippen LogP contribution in [0.15, 0.2) is 4.90 Å². The van der Waals surface area contributed by atoms with Crippen molar-refractivity contribution in [2.75, 3.05) is 44.1 Å². The summed E-state index contributed by atoms with van der Waals surface area (Å²) >= 11 is 3.00. The number of nitrogens with zero attached hydrogens (tertiary/aromatic N) is 2. The number of rotatable bonds is 4. The molecule has 1 aromatic heterocycles. The number of carbonyl (C=O) groups is 1. The van der Waals surface area contributed by atoms with Gasteiger partial charge in [0.25, 0.3) is 5.91 Å². The zero-order valence-electron chi connectivity index (χ0n) is 11.5. The maximum Gasteiger partial charge on any atom is 0.261 e. The number of thioether (sulfide) groups is 1. The molecule has 0 aliphatic carbocycles. The quantitative estimate of drug-likeness (QED) is 0.820. The van der Waals surface area contributed by atoms with Crippen molar-refractivity contribution in [3.8, 4) is 0 Å². The van der Waals surface area contributed by atoms with Gasteiger partial charge in [-0.15, -0.1) is 23.1 Å². The predicted octanol–water partition coefficient (Wildman–Crippen LogP) is 1.29. The molecule has 2 heterocycles. The monoisotopic (exact) mass is 300 g/mol. The lowest BCUT2D eigenvalue weighted by Gasteiger charge is -2.21. The van der Waals surface area contributed by atoms with Gasteiger partial charge in [-0.2, -0.15) is 0 Å². The molecule has 1 unspecified atom stereocenters. The molecule has 1 atom stereocenters. The summed E-state index contributed by atoms with van der Waals surface area (Å²) in [4.78, 5) is 17.4. The number of likely N-dealkylation sites (N-methyl/N-ethyl adjacent to an activating group) is 1. The third-order valence-electron chi connectivity index (χ3n) is 3.49. The second-order valence-electron chi connectivity index (χ2n) is 4.90. The van der Waals surface area contributed by atoms with Gasteiger partial charge < -0.3 is 21.3 Å². The molecule has 5 nitrogen and oxygen atoms in total. The fourth-order valence-electron chi connectivity index (χ4n) is 2.35. The van der Waals surface area contributed by atoms with E-state index in [1.165, 1.54) is 11.3 Å². The first kappa shape index (κ1) is 14.5. The number of thiophene rings is 1. The van der Waals surface area contributed by atoms with Crippen molar-refractivity contribution in [1.29, 1.82) is 0 Å². The Morgan fingerprint density at radius 3 is 2.68 bits per heavy atom. The van der Waals surface area contributed by atoms with E-state index in [4.69, 9.17) is 11.5 Å². The molecule has 1 aliphatic rings. The molecule has 7 heteroatoms. The smallest absolute Gasteiger partial charge is 0.261 e. The van der Waals surface area contributed by atoms with Gasteiger partial charge in [-0.05, 0) is 26.8 Å². The van der Waals surface area contributed by atoms with Crippen LogP contribution in [0, 0.1) is 0 Å². The second kappa shape index (κ2) is 5.60. The molecule has 1 amide bonds. The number of carbonyl (C=O) groups excluding carboxylic acids is 1. The van der Waals surface area contributed by atoms with Gasteiger partial charge in [0.15, 0.2) is 0 Å². The molecule has 1 fully saturated rings. The average molecular weight is 300 g/mol. The zero-order valence-corrected chi connectivity index (χ0v) is 13.1. The van der Waals surface area contributed by atoms with Crippen molar-refractivity contribution in [3.63, 3.8) is 0 Å². The Kier molecular flexibility index (Phi) is 4.27.